The molecule has 1 N–H and O–H groups in total. The average Bonchev–Trinajstić information content (AvgIpc) is 3.03. The molecule has 0 radical (unpaired) electrons. The maximum absolute atomic E-state index is 12.9. The minimum absolute atomic E-state index is 0.222. The van der Waals surface area contributed by atoms with E-state index in [0.717, 1.165) is 18.2 Å². The second kappa shape index (κ2) is 7.77. The van der Waals surface area contributed by atoms with Crippen molar-refractivity contribution >= 4 is 21.7 Å². The number of piperidine rings is 1. The summed E-state index contributed by atoms with van der Waals surface area (Å²) in [5, 5.41) is 2.64. The molecule has 2 amide bonds. The Morgan fingerprint density at radius 1 is 1.12 bits per heavy atom. The number of carbonyl (C=O) groups is 2. The molecular weight excluding hydrogens is 445 g/mol. The summed E-state index contributed by atoms with van der Waals surface area (Å²) < 4.78 is 64.3. The Labute approximate surface area is 182 Å². The summed E-state index contributed by atoms with van der Waals surface area (Å²) in [4.78, 5) is 26.2. The van der Waals surface area contributed by atoms with Gasteiger partial charge in [-0.25, -0.2) is 8.42 Å². The highest BCUT2D eigenvalue weighted by atomic mass is 32.2. The molecule has 1 fully saturated rings. The molecule has 2 aliphatic rings. The number of sulfone groups is 1. The predicted octanol–water partition coefficient (Wildman–Crippen LogP) is 3.43. The molecule has 2 aliphatic heterocycles. The standard InChI is InChI=1S/C22H19F3N2O4S/c1-13-5-8-19(20(28)26-13)27-11-15-7-6-14(9-18(15)21(27)29)12-32(30,31)17-4-2-3-16(10-17)22(23,24)25/h2-4,6-7,9-10,19H,1,5,8,11-12H2,(H,26,28). The number of nitrogens with zero attached hydrogens (tertiary/aromatic N) is 1. The van der Waals surface area contributed by atoms with Crippen LogP contribution in [0.2, 0.25) is 0 Å². The quantitative estimate of drug-likeness (QED) is 0.752. The smallest absolute Gasteiger partial charge is 0.329 e. The van der Waals surface area contributed by atoms with Crippen molar-refractivity contribution in [3.05, 3.63) is 77.0 Å². The van der Waals surface area contributed by atoms with Gasteiger partial charge in [-0.15, -0.1) is 0 Å². The summed E-state index contributed by atoms with van der Waals surface area (Å²) in [6.07, 6.45) is -3.66. The van der Waals surface area contributed by atoms with Gasteiger partial charge in [0.25, 0.3) is 5.91 Å². The van der Waals surface area contributed by atoms with Crippen LogP contribution < -0.4 is 5.32 Å². The number of carbonyl (C=O) groups excluding carboxylic acids is 2. The van der Waals surface area contributed by atoms with Gasteiger partial charge in [0.05, 0.1) is 16.2 Å². The fourth-order valence-electron chi connectivity index (χ4n) is 3.94. The van der Waals surface area contributed by atoms with Crippen molar-refractivity contribution in [2.24, 2.45) is 0 Å². The lowest BCUT2D eigenvalue weighted by atomic mass is 10.0. The molecule has 0 spiro atoms. The number of hydrogen-bond donors (Lipinski definition) is 1. The number of halogens is 3. The first-order chi connectivity index (χ1) is 15.0. The second-order valence-corrected chi connectivity index (χ2v) is 9.85. The fraction of sp³-hybridized carbons (Fsp3) is 0.273. The highest BCUT2D eigenvalue weighted by Gasteiger charge is 2.38. The summed E-state index contributed by atoms with van der Waals surface area (Å²) in [7, 11) is -4.08. The van der Waals surface area contributed by atoms with Crippen molar-refractivity contribution in [2.45, 2.75) is 42.3 Å². The first-order valence-corrected chi connectivity index (χ1v) is 11.4. The van der Waals surface area contributed by atoms with Crippen LogP contribution >= 0.6 is 0 Å². The Balaban J connectivity index is 1.56. The van der Waals surface area contributed by atoms with Crippen LogP contribution in [0, 0.1) is 0 Å². The highest BCUT2D eigenvalue weighted by Crippen LogP contribution is 2.32. The highest BCUT2D eigenvalue weighted by molar-refractivity contribution is 7.90. The van der Waals surface area contributed by atoms with Crippen LogP contribution in [-0.2, 0) is 33.1 Å². The predicted molar refractivity (Wildman–Crippen MR) is 109 cm³/mol. The van der Waals surface area contributed by atoms with E-state index in [-0.39, 0.29) is 23.9 Å². The van der Waals surface area contributed by atoms with Crippen LogP contribution in [0.1, 0.15) is 39.9 Å². The lowest BCUT2D eigenvalue weighted by molar-refractivity contribution is -0.137. The molecule has 0 aliphatic carbocycles. The first kappa shape index (κ1) is 22.1. The number of hydrogen-bond acceptors (Lipinski definition) is 4. The van der Waals surface area contributed by atoms with E-state index in [1.165, 1.54) is 17.0 Å². The normalized spacial score (nSPS) is 19.2. The summed E-state index contributed by atoms with van der Waals surface area (Å²) in [6, 6.07) is 7.50. The Morgan fingerprint density at radius 2 is 1.88 bits per heavy atom. The van der Waals surface area contributed by atoms with Gasteiger partial charge in [0.15, 0.2) is 9.84 Å². The van der Waals surface area contributed by atoms with Gasteiger partial charge in [0, 0.05) is 17.8 Å². The average molecular weight is 464 g/mol. The van der Waals surface area contributed by atoms with Gasteiger partial charge >= 0.3 is 6.18 Å². The molecule has 10 heteroatoms. The van der Waals surface area contributed by atoms with E-state index in [9.17, 15) is 31.2 Å². The topological polar surface area (TPSA) is 83.6 Å². The van der Waals surface area contributed by atoms with Crippen molar-refractivity contribution in [1.29, 1.82) is 0 Å². The molecule has 2 heterocycles. The van der Waals surface area contributed by atoms with Crippen LogP contribution in [0.4, 0.5) is 13.2 Å². The van der Waals surface area contributed by atoms with E-state index in [2.05, 4.69) is 11.9 Å². The van der Waals surface area contributed by atoms with E-state index in [1.807, 2.05) is 0 Å². The maximum atomic E-state index is 12.9. The van der Waals surface area contributed by atoms with Crippen LogP contribution in [0.5, 0.6) is 0 Å². The molecule has 4 rings (SSSR count). The van der Waals surface area contributed by atoms with Gasteiger partial charge in [-0.1, -0.05) is 24.8 Å². The third-order valence-corrected chi connectivity index (χ3v) is 7.27. The molecule has 2 aromatic carbocycles. The van der Waals surface area contributed by atoms with E-state index in [0.29, 0.717) is 35.7 Å². The van der Waals surface area contributed by atoms with Gasteiger partial charge < -0.3 is 10.2 Å². The van der Waals surface area contributed by atoms with Gasteiger partial charge in [-0.2, -0.15) is 13.2 Å². The largest absolute Gasteiger partial charge is 0.416 e. The van der Waals surface area contributed by atoms with Gasteiger partial charge in [-0.05, 0) is 48.2 Å². The number of rotatable bonds is 4. The monoisotopic (exact) mass is 464 g/mol. The van der Waals surface area contributed by atoms with Crippen molar-refractivity contribution in [1.82, 2.24) is 10.2 Å². The molecule has 0 saturated carbocycles. The molecule has 1 unspecified atom stereocenters. The van der Waals surface area contributed by atoms with Crippen LogP contribution in [0.3, 0.4) is 0 Å². The number of amides is 2. The third-order valence-electron chi connectivity index (χ3n) is 5.58. The van der Waals surface area contributed by atoms with Crippen molar-refractivity contribution in [2.75, 3.05) is 0 Å². The molecule has 1 saturated heterocycles. The Hall–Kier alpha value is -3.14. The summed E-state index contributed by atoms with van der Waals surface area (Å²) in [5.41, 5.74) is 0.772. The first-order valence-electron chi connectivity index (χ1n) is 9.77. The second-order valence-electron chi connectivity index (χ2n) is 7.86. The van der Waals surface area contributed by atoms with Crippen molar-refractivity contribution < 1.29 is 31.2 Å². The van der Waals surface area contributed by atoms with Crippen LogP contribution in [-0.4, -0.2) is 31.2 Å². The van der Waals surface area contributed by atoms with E-state index >= 15 is 0 Å². The van der Waals surface area contributed by atoms with Crippen LogP contribution in [0.25, 0.3) is 0 Å². The lowest BCUT2D eigenvalue weighted by Crippen LogP contribution is -2.49. The Morgan fingerprint density at radius 3 is 2.56 bits per heavy atom. The zero-order valence-corrected chi connectivity index (χ0v) is 17.6. The molecule has 0 aromatic heterocycles. The van der Waals surface area contributed by atoms with Gasteiger partial charge in [-0.3, -0.25) is 9.59 Å². The summed E-state index contributed by atoms with van der Waals surface area (Å²) in [5.74, 6) is -1.25. The lowest BCUT2D eigenvalue weighted by Gasteiger charge is -2.30. The molecule has 2 aromatic rings. The van der Waals surface area contributed by atoms with Crippen LogP contribution in [0.15, 0.2) is 59.6 Å². The van der Waals surface area contributed by atoms with E-state index in [4.69, 9.17) is 0 Å². The molecule has 32 heavy (non-hydrogen) atoms. The van der Waals surface area contributed by atoms with Gasteiger partial charge in [0.2, 0.25) is 5.91 Å². The Kier molecular flexibility index (Phi) is 5.36. The minimum atomic E-state index is -4.66. The van der Waals surface area contributed by atoms with E-state index < -0.39 is 38.3 Å². The zero-order chi connectivity index (χ0) is 23.3. The van der Waals surface area contributed by atoms with Crippen molar-refractivity contribution in [3.8, 4) is 0 Å². The number of alkyl halides is 3. The molecule has 0 bridgehead atoms. The summed E-state index contributed by atoms with van der Waals surface area (Å²) in [6.45, 7) is 3.94. The number of nitrogens with one attached hydrogen (secondary N) is 1. The molecule has 1 atom stereocenters. The number of benzene rings is 2. The molecule has 168 valence electrons. The number of allylic oxidation sites excluding steroid dienone is 1. The molecular formula is C22H19F3N2O4S. The molecule has 6 nitrogen and oxygen atoms in total. The maximum Gasteiger partial charge on any atom is 0.416 e. The summed E-state index contributed by atoms with van der Waals surface area (Å²) >= 11 is 0. The third kappa shape index (κ3) is 4.14. The minimum Gasteiger partial charge on any atom is -0.329 e. The Bertz CT molecular complexity index is 1240. The number of fused-ring (bicyclic) bond motifs is 1. The van der Waals surface area contributed by atoms with Gasteiger partial charge in [0.1, 0.15) is 6.04 Å². The van der Waals surface area contributed by atoms with E-state index in [1.54, 1.807) is 6.07 Å². The zero-order valence-electron chi connectivity index (χ0n) is 16.8. The SMILES string of the molecule is C=C1CCC(N2Cc3ccc(CS(=O)(=O)c4cccc(C(F)(F)F)c4)cc3C2=O)C(=O)N1. The fourth-order valence-corrected chi connectivity index (χ4v) is 5.32. The van der Waals surface area contributed by atoms with Crippen molar-refractivity contribution in [3.63, 3.8) is 0 Å².